The molecule has 0 atom stereocenters. The molecule has 1 saturated carbocycles. The van der Waals surface area contributed by atoms with Crippen molar-refractivity contribution in [2.75, 3.05) is 44.2 Å². The number of hydrogen-bond donors (Lipinski definition) is 0. The first-order chi connectivity index (χ1) is 15.2. The lowest BCUT2D eigenvalue weighted by Crippen LogP contribution is -2.50. The number of aryl methyl sites for hydroxylation is 1. The first-order valence-corrected chi connectivity index (χ1v) is 13.0. The Morgan fingerprint density at radius 3 is 2.23 bits per heavy atom. The normalized spacial score (nSPS) is 21.1. The van der Waals surface area contributed by atoms with Gasteiger partial charge in [0.15, 0.2) is 0 Å². The van der Waals surface area contributed by atoms with E-state index in [2.05, 4.69) is 47.1 Å². The molecule has 2 saturated heterocycles. The van der Waals surface area contributed by atoms with Gasteiger partial charge in [-0.3, -0.25) is 9.69 Å². The molecule has 0 N–H and O–H groups in total. The molecule has 0 bridgehead atoms. The fourth-order valence-corrected chi connectivity index (χ4v) is 6.67. The summed E-state index contributed by atoms with van der Waals surface area (Å²) < 4.78 is 0. The summed E-state index contributed by atoms with van der Waals surface area (Å²) in [6, 6.07) is 12.0. The summed E-state index contributed by atoms with van der Waals surface area (Å²) in [4.78, 5) is 22.2. The van der Waals surface area contributed by atoms with Crippen LogP contribution in [0.5, 0.6) is 0 Å². The van der Waals surface area contributed by atoms with Gasteiger partial charge in [0.05, 0.1) is 4.88 Å². The molecule has 3 aliphatic rings. The van der Waals surface area contributed by atoms with E-state index >= 15 is 0 Å². The van der Waals surface area contributed by atoms with E-state index in [1.807, 2.05) is 4.90 Å². The van der Waals surface area contributed by atoms with Gasteiger partial charge in [-0.1, -0.05) is 31.4 Å². The standard InChI is InChI=1S/C26H35N3OS/c1-20-19-24(31-25(20)26(30)29-13-5-6-14-29)21-9-11-23(12-10-21)28-17-15-27(16-18-28)22-7-3-2-4-8-22/h9-12,19,22H,2-8,13-18H2,1H3. The van der Waals surface area contributed by atoms with E-state index in [9.17, 15) is 4.79 Å². The third kappa shape index (κ3) is 4.54. The summed E-state index contributed by atoms with van der Waals surface area (Å²) in [6.07, 6.45) is 9.34. The third-order valence-electron chi connectivity index (χ3n) is 7.43. The van der Waals surface area contributed by atoms with Gasteiger partial charge in [0.25, 0.3) is 5.91 Å². The number of rotatable bonds is 4. The van der Waals surface area contributed by atoms with Crippen molar-refractivity contribution >= 4 is 22.9 Å². The molecular formula is C26H35N3OS. The Hall–Kier alpha value is -1.85. The van der Waals surface area contributed by atoms with E-state index in [1.165, 1.54) is 61.3 Å². The van der Waals surface area contributed by atoms with Crippen LogP contribution in [0.2, 0.25) is 0 Å². The molecule has 31 heavy (non-hydrogen) atoms. The molecule has 1 aliphatic carbocycles. The summed E-state index contributed by atoms with van der Waals surface area (Å²) in [5, 5.41) is 0. The second-order valence-corrected chi connectivity index (χ2v) is 10.5. The molecule has 1 aromatic heterocycles. The minimum absolute atomic E-state index is 0.221. The summed E-state index contributed by atoms with van der Waals surface area (Å²) in [5.74, 6) is 0.221. The van der Waals surface area contributed by atoms with E-state index in [1.54, 1.807) is 11.3 Å². The first kappa shape index (κ1) is 21.0. The van der Waals surface area contributed by atoms with Gasteiger partial charge in [-0.05, 0) is 61.9 Å². The number of anilines is 1. The Bertz CT molecular complexity index is 886. The average Bonchev–Trinajstić information content (AvgIpc) is 3.50. The molecule has 3 fully saturated rings. The molecule has 5 heteroatoms. The molecule has 166 valence electrons. The fourth-order valence-electron chi connectivity index (χ4n) is 5.53. The van der Waals surface area contributed by atoms with Gasteiger partial charge in [-0.2, -0.15) is 0 Å². The van der Waals surface area contributed by atoms with E-state index < -0.39 is 0 Å². The SMILES string of the molecule is Cc1cc(-c2ccc(N3CCN(C4CCCCC4)CC3)cc2)sc1C(=O)N1CCCC1. The Balaban J connectivity index is 1.22. The van der Waals surface area contributed by atoms with Crippen molar-refractivity contribution in [3.8, 4) is 10.4 Å². The van der Waals surface area contributed by atoms with E-state index in [0.29, 0.717) is 0 Å². The van der Waals surface area contributed by atoms with Gasteiger partial charge >= 0.3 is 0 Å². The maximum Gasteiger partial charge on any atom is 0.264 e. The highest BCUT2D eigenvalue weighted by Gasteiger charge is 2.26. The zero-order valence-electron chi connectivity index (χ0n) is 18.8. The van der Waals surface area contributed by atoms with E-state index in [-0.39, 0.29) is 5.91 Å². The van der Waals surface area contributed by atoms with Gasteiger partial charge in [0.1, 0.15) is 0 Å². The highest BCUT2D eigenvalue weighted by molar-refractivity contribution is 7.17. The van der Waals surface area contributed by atoms with Crippen molar-refractivity contribution in [1.82, 2.24) is 9.80 Å². The van der Waals surface area contributed by atoms with Crippen molar-refractivity contribution < 1.29 is 4.79 Å². The number of piperazine rings is 1. The van der Waals surface area contributed by atoms with Gasteiger partial charge in [-0.15, -0.1) is 11.3 Å². The summed E-state index contributed by atoms with van der Waals surface area (Å²) in [6.45, 7) is 8.54. The number of benzene rings is 1. The molecule has 5 rings (SSSR count). The van der Waals surface area contributed by atoms with Crippen molar-refractivity contribution in [3.63, 3.8) is 0 Å². The van der Waals surface area contributed by atoms with Crippen molar-refractivity contribution in [1.29, 1.82) is 0 Å². The maximum absolute atomic E-state index is 12.8. The van der Waals surface area contributed by atoms with Crippen molar-refractivity contribution in [2.24, 2.45) is 0 Å². The summed E-state index contributed by atoms with van der Waals surface area (Å²) in [5.41, 5.74) is 3.66. The van der Waals surface area contributed by atoms with Crippen LogP contribution in [0.25, 0.3) is 10.4 Å². The second-order valence-electron chi connectivity index (χ2n) is 9.48. The number of carbonyl (C=O) groups is 1. The molecule has 0 spiro atoms. The van der Waals surface area contributed by atoms with Crippen LogP contribution in [0.1, 0.15) is 60.2 Å². The van der Waals surface area contributed by atoms with Crippen LogP contribution < -0.4 is 4.90 Å². The number of thiophene rings is 1. The number of carbonyl (C=O) groups excluding carboxylic acids is 1. The lowest BCUT2D eigenvalue weighted by Gasteiger charge is -2.41. The maximum atomic E-state index is 12.8. The topological polar surface area (TPSA) is 26.8 Å². The first-order valence-electron chi connectivity index (χ1n) is 12.2. The van der Waals surface area contributed by atoms with Gasteiger partial charge < -0.3 is 9.80 Å². The smallest absolute Gasteiger partial charge is 0.264 e. The van der Waals surface area contributed by atoms with E-state index in [0.717, 1.165) is 55.5 Å². The Morgan fingerprint density at radius 1 is 0.871 bits per heavy atom. The van der Waals surface area contributed by atoms with Gasteiger partial charge in [0.2, 0.25) is 0 Å². The molecule has 1 aromatic carbocycles. The van der Waals surface area contributed by atoms with Crippen molar-refractivity contribution in [2.45, 2.75) is 57.9 Å². The zero-order chi connectivity index (χ0) is 21.2. The molecule has 3 heterocycles. The Labute approximate surface area is 190 Å². The lowest BCUT2D eigenvalue weighted by atomic mass is 9.94. The second kappa shape index (κ2) is 9.33. The molecule has 0 radical (unpaired) electrons. The quantitative estimate of drug-likeness (QED) is 0.639. The number of likely N-dealkylation sites (tertiary alicyclic amines) is 1. The van der Waals surface area contributed by atoms with Gasteiger partial charge in [-0.25, -0.2) is 0 Å². The largest absolute Gasteiger partial charge is 0.369 e. The van der Waals surface area contributed by atoms with Crippen LogP contribution in [-0.4, -0.2) is 61.0 Å². The number of nitrogens with zero attached hydrogens (tertiary/aromatic N) is 3. The van der Waals surface area contributed by atoms with Crippen LogP contribution in [0.15, 0.2) is 30.3 Å². The van der Waals surface area contributed by atoms with Gasteiger partial charge in [0, 0.05) is 55.9 Å². The van der Waals surface area contributed by atoms with Crippen LogP contribution in [0.3, 0.4) is 0 Å². The van der Waals surface area contributed by atoms with Crippen LogP contribution in [0.4, 0.5) is 5.69 Å². The monoisotopic (exact) mass is 437 g/mol. The Morgan fingerprint density at radius 2 is 1.55 bits per heavy atom. The minimum atomic E-state index is 0.221. The predicted molar refractivity (Wildman–Crippen MR) is 130 cm³/mol. The zero-order valence-corrected chi connectivity index (χ0v) is 19.6. The molecule has 2 aromatic rings. The van der Waals surface area contributed by atoms with E-state index in [4.69, 9.17) is 0 Å². The summed E-state index contributed by atoms with van der Waals surface area (Å²) >= 11 is 1.65. The Kier molecular flexibility index (Phi) is 6.33. The summed E-state index contributed by atoms with van der Waals surface area (Å²) in [7, 11) is 0. The van der Waals surface area contributed by atoms with Crippen LogP contribution in [-0.2, 0) is 0 Å². The predicted octanol–water partition coefficient (Wildman–Crippen LogP) is 5.41. The molecular weight excluding hydrogens is 402 g/mol. The van der Waals surface area contributed by atoms with Crippen molar-refractivity contribution in [3.05, 3.63) is 40.8 Å². The average molecular weight is 438 g/mol. The molecule has 4 nitrogen and oxygen atoms in total. The highest BCUT2D eigenvalue weighted by atomic mass is 32.1. The lowest BCUT2D eigenvalue weighted by molar-refractivity contribution is 0.0797. The third-order valence-corrected chi connectivity index (χ3v) is 8.70. The number of hydrogen-bond acceptors (Lipinski definition) is 4. The van der Waals surface area contributed by atoms with Crippen LogP contribution in [0, 0.1) is 6.92 Å². The molecule has 1 amide bonds. The minimum Gasteiger partial charge on any atom is -0.369 e. The molecule has 0 unspecified atom stereocenters. The van der Waals surface area contributed by atoms with Crippen LogP contribution >= 0.6 is 11.3 Å². The molecule has 2 aliphatic heterocycles. The number of amides is 1. The fraction of sp³-hybridized carbons (Fsp3) is 0.577. The highest BCUT2D eigenvalue weighted by Crippen LogP contribution is 2.34.